The largest absolute Gasteiger partial charge is 0.378 e. The molecule has 0 aliphatic carbocycles. The first kappa shape index (κ1) is 13.5. The van der Waals surface area contributed by atoms with E-state index in [2.05, 4.69) is 28.1 Å². The third kappa shape index (κ3) is 3.17. The average Bonchev–Trinajstić information content (AvgIpc) is 2.89. The fourth-order valence-electron chi connectivity index (χ4n) is 2.41. The van der Waals surface area contributed by atoms with Crippen LogP contribution in [0.4, 0.5) is 0 Å². The Bertz CT molecular complexity index is 590. The van der Waals surface area contributed by atoms with Gasteiger partial charge in [0.2, 0.25) is 5.91 Å². The minimum atomic E-state index is 0.0725. The molecule has 0 bridgehead atoms. The molecule has 2 aromatic rings. The highest BCUT2D eigenvalue weighted by Gasteiger charge is 2.16. The summed E-state index contributed by atoms with van der Waals surface area (Å²) in [5, 5.41) is 9.64. The van der Waals surface area contributed by atoms with Gasteiger partial charge in [-0.2, -0.15) is 0 Å². The molecular formula is C15H18N2O2S. The lowest BCUT2D eigenvalue weighted by Gasteiger charge is -2.23. The van der Waals surface area contributed by atoms with E-state index in [9.17, 15) is 4.79 Å². The maximum atomic E-state index is 11.9. The Labute approximate surface area is 122 Å². The van der Waals surface area contributed by atoms with E-state index in [0.717, 1.165) is 13.2 Å². The summed E-state index contributed by atoms with van der Waals surface area (Å²) in [5.74, 6) is 0.0725. The first-order valence-corrected chi connectivity index (χ1v) is 7.74. The standard InChI is InChI=1S/C15H18N2O2S/c18-15(7-12-9-19-6-5-16-12)17-8-11-10-20-14-4-2-1-3-13(11)14/h1-4,10,12,16H,5-9H2,(H,17,18). The number of carbonyl (C=O) groups excluding carboxylic acids is 1. The highest BCUT2D eigenvalue weighted by Crippen LogP contribution is 2.25. The molecule has 1 amide bonds. The number of hydrogen-bond acceptors (Lipinski definition) is 4. The third-order valence-corrected chi connectivity index (χ3v) is 4.48. The molecule has 1 aromatic heterocycles. The van der Waals surface area contributed by atoms with E-state index >= 15 is 0 Å². The summed E-state index contributed by atoms with van der Waals surface area (Å²) in [6.07, 6.45) is 0.474. The molecule has 3 rings (SSSR count). The molecular weight excluding hydrogens is 272 g/mol. The molecule has 1 atom stereocenters. The number of amides is 1. The summed E-state index contributed by atoms with van der Waals surface area (Å²) < 4.78 is 6.61. The van der Waals surface area contributed by atoms with Crippen LogP contribution in [0.1, 0.15) is 12.0 Å². The van der Waals surface area contributed by atoms with Gasteiger partial charge in [-0.3, -0.25) is 4.79 Å². The van der Waals surface area contributed by atoms with Gasteiger partial charge in [0.25, 0.3) is 0 Å². The quantitative estimate of drug-likeness (QED) is 0.904. The molecule has 20 heavy (non-hydrogen) atoms. The van der Waals surface area contributed by atoms with Gasteiger partial charge < -0.3 is 15.4 Å². The van der Waals surface area contributed by atoms with Crippen LogP contribution in [-0.4, -0.2) is 31.7 Å². The van der Waals surface area contributed by atoms with Crippen LogP contribution in [0.5, 0.6) is 0 Å². The van der Waals surface area contributed by atoms with Gasteiger partial charge in [-0.25, -0.2) is 0 Å². The molecule has 1 aliphatic rings. The Morgan fingerprint density at radius 3 is 3.20 bits per heavy atom. The lowest BCUT2D eigenvalue weighted by molar-refractivity contribution is -0.122. The molecule has 106 valence electrons. The van der Waals surface area contributed by atoms with Crippen molar-refractivity contribution in [2.75, 3.05) is 19.8 Å². The summed E-state index contributed by atoms with van der Waals surface area (Å²) in [5.41, 5.74) is 1.19. The van der Waals surface area contributed by atoms with E-state index in [1.807, 2.05) is 12.1 Å². The summed E-state index contributed by atoms with van der Waals surface area (Å²) in [6.45, 7) is 2.78. The summed E-state index contributed by atoms with van der Waals surface area (Å²) in [7, 11) is 0. The minimum Gasteiger partial charge on any atom is -0.378 e. The van der Waals surface area contributed by atoms with Gasteiger partial charge in [0, 0.05) is 30.3 Å². The summed E-state index contributed by atoms with van der Waals surface area (Å²) in [6, 6.07) is 8.42. The number of benzene rings is 1. The number of ether oxygens (including phenoxy) is 1. The molecule has 1 fully saturated rings. The van der Waals surface area contributed by atoms with Crippen LogP contribution in [0.15, 0.2) is 29.6 Å². The second-order valence-electron chi connectivity index (χ2n) is 4.96. The number of rotatable bonds is 4. The fraction of sp³-hybridized carbons (Fsp3) is 0.400. The predicted octanol–water partition coefficient (Wildman–Crippen LogP) is 1.90. The van der Waals surface area contributed by atoms with Crippen molar-refractivity contribution >= 4 is 27.3 Å². The van der Waals surface area contributed by atoms with Crippen LogP contribution < -0.4 is 10.6 Å². The number of nitrogens with one attached hydrogen (secondary N) is 2. The molecule has 1 aromatic carbocycles. The monoisotopic (exact) mass is 290 g/mol. The van der Waals surface area contributed by atoms with Crippen molar-refractivity contribution < 1.29 is 9.53 Å². The van der Waals surface area contributed by atoms with E-state index in [1.54, 1.807) is 11.3 Å². The molecule has 0 saturated carbocycles. The zero-order valence-corrected chi connectivity index (χ0v) is 12.0. The topological polar surface area (TPSA) is 50.4 Å². The molecule has 1 unspecified atom stereocenters. The Hall–Kier alpha value is -1.43. The van der Waals surface area contributed by atoms with Gasteiger partial charge in [0.05, 0.1) is 13.2 Å². The maximum absolute atomic E-state index is 11.9. The SMILES string of the molecule is O=C(CC1COCCN1)NCc1csc2ccccc12. The van der Waals surface area contributed by atoms with Crippen LogP contribution in [0.2, 0.25) is 0 Å². The van der Waals surface area contributed by atoms with Gasteiger partial charge in [-0.05, 0) is 22.4 Å². The van der Waals surface area contributed by atoms with Crippen LogP contribution in [0.3, 0.4) is 0 Å². The van der Waals surface area contributed by atoms with Gasteiger partial charge in [0.1, 0.15) is 0 Å². The fourth-order valence-corrected chi connectivity index (χ4v) is 3.37. The highest BCUT2D eigenvalue weighted by molar-refractivity contribution is 7.17. The van der Waals surface area contributed by atoms with Crippen LogP contribution in [0.25, 0.3) is 10.1 Å². The predicted molar refractivity (Wildman–Crippen MR) is 80.9 cm³/mol. The Kier molecular flexibility index (Phi) is 4.30. The molecule has 0 radical (unpaired) electrons. The van der Waals surface area contributed by atoms with Gasteiger partial charge in [-0.15, -0.1) is 11.3 Å². The number of morpholine rings is 1. The third-order valence-electron chi connectivity index (χ3n) is 3.47. The van der Waals surface area contributed by atoms with Gasteiger partial charge >= 0.3 is 0 Å². The van der Waals surface area contributed by atoms with E-state index in [1.165, 1.54) is 15.6 Å². The summed E-state index contributed by atoms with van der Waals surface area (Å²) in [4.78, 5) is 11.9. The minimum absolute atomic E-state index is 0.0725. The summed E-state index contributed by atoms with van der Waals surface area (Å²) >= 11 is 1.72. The molecule has 0 spiro atoms. The average molecular weight is 290 g/mol. The zero-order chi connectivity index (χ0) is 13.8. The lowest BCUT2D eigenvalue weighted by Crippen LogP contribution is -2.44. The van der Waals surface area contributed by atoms with E-state index < -0.39 is 0 Å². The number of hydrogen-bond donors (Lipinski definition) is 2. The van der Waals surface area contributed by atoms with Crippen molar-refractivity contribution in [3.8, 4) is 0 Å². The van der Waals surface area contributed by atoms with Gasteiger partial charge in [-0.1, -0.05) is 18.2 Å². The number of fused-ring (bicyclic) bond motifs is 1. The normalized spacial score (nSPS) is 19.1. The van der Waals surface area contributed by atoms with Crippen molar-refractivity contribution in [3.05, 3.63) is 35.2 Å². The van der Waals surface area contributed by atoms with E-state index in [-0.39, 0.29) is 11.9 Å². The first-order valence-electron chi connectivity index (χ1n) is 6.86. The Morgan fingerprint density at radius 1 is 1.45 bits per heavy atom. The molecule has 1 aliphatic heterocycles. The number of carbonyl (C=O) groups is 1. The van der Waals surface area contributed by atoms with Crippen molar-refractivity contribution in [1.82, 2.24) is 10.6 Å². The lowest BCUT2D eigenvalue weighted by atomic mass is 10.1. The molecule has 4 nitrogen and oxygen atoms in total. The van der Waals surface area contributed by atoms with Crippen molar-refractivity contribution in [3.63, 3.8) is 0 Å². The smallest absolute Gasteiger partial charge is 0.221 e. The maximum Gasteiger partial charge on any atom is 0.221 e. The van der Waals surface area contributed by atoms with Crippen molar-refractivity contribution in [1.29, 1.82) is 0 Å². The second kappa shape index (κ2) is 6.35. The molecule has 5 heteroatoms. The van der Waals surface area contributed by atoms with E-state index in [4.69, 9.17) is 4.74 Å². The molecule has 2 heterocycles. The van der Waals surface area contributed by atoms with Crippen LogP contribution >= 0.6 is 11.3 Å². The van der Waals surface area contributed by atoms with Crippen LogP contribution in [-0.2, 0) is 16.1 Å². The van der Waals surface area contributed by atoms with E-state index in [0.29, 0.717) is 19.6 Å². The number of thiophene rings is 1. The van der Waals surface area contributed by atoms with Crippen molar-refractivity contribution in [2.24, 2.45) is 0 Å². The highest BCUT2D eigenvalue weighted by atomic mass is 32.1. The van der Waals surface area contributed by atoms with Crippen molar-refractivity contribution in [2.45, 2.75) is 19.0 Å². The Balaban J connectivity index is 1.54. The second-order valence-corrected chi connectivity index (χ2v) is 5.88. The first-order chi connectivity index (χ1) is 9.83. The molecule has 2 N–H and O–H groups in total. The van der Waals surface area contributed by atoms with Gasteiger partial charge in [0.15, 0.2) is 0 Å². The molecule has 1 saturated heterocycles. The van der Waals surface area contributed by atoms with Crippen LogP contribution in [0, 0.1) is 0 Å². The Morgan fingerprint density at radius 2 is 2.35 bits per heavy atom. The zero-order valence-electron chi connectivity index (χ0n) is 11.2.